The average Bonchev–Trinajstić information content (AvgIpc) is 2.36. The fourth-order valence-corrected chi connectivity index (χ4v) is 1.58. The molecular weight excluding hydrogens is 282 g/mol. The van der Waals surface area contributed by atoms with Gasteiger partial charge in [0.05, 0.1) is 18.0 Å². The van der Waals surface area contributed by atoms with E-state index in [1.807, 2.05) is 0 Å². The molecule has 0 aliphatic carbocycles. The van der Waals surface area contributed by atoms with Crippen molar-refractivity contribution in [2.45, 2.75) is 0 Å². The molecule has 0 atom stereocenters. The first-order chi connectivity index (χ1) is 8.49. The zero-order chi connectivity index (χ0) is 13.7. The van der Waals surface area contributed by atoms with E-state index in [1.165, 1.54) is 12.1 Å². The van der Waals surface area contributed by atoms with E-state index in [0.29, 0.717) is 5.56 Å². The van der Waals surface area contributed by atoms with Crippen LogP contribution in [0.25, 0.3) is 6.08 Å². The molecule has 1 aromatic rings. The van der Waals surface area contributed by atoms with E-state index in [4.69, 9.17) is 23.2 Å². The minimum absolute atomic E-state index is 0.0822. The molecule has 0 aliphatic heterocycles. The van der Waals surface area contributed by atoms with Gasteiger partial charge in [0.25, 0.3) is 0 Å². The molecule has 0 radical (unpaired) electrons. The van der Waals surface area contributed by atoms with E-state index in [2.05, 4.69) is 4.74 Å². The lowest BCUT2D eigenvalue weighted by molar-refractivity contribution is -0.137. The summed E-state index contributed by atoms with van der Waals surface area (Å²) in [6.45, 7) is 0. The maximum absolute atomic E-state index is 12.8. The molecule has 0 amide bonds. The maximum Gasteiger partial charge on any atom is 0.341 e. The highest BCUT2D eigenvalue weighted by atomic mass is 35.5. The van der Waals surface area contributed by atoms with Crippen molar-refractivity contribution in [1.82, 2.24) is 0 Å². The standard InChI is InChI=1S/C12H9Cl2FO3/c1-18-12(17)9(11(16)6-13)4-7-2-3-8(15)5-10(7)14/h2-5H,6H2,1H3/b9-4-. The van der Waals surface area contributed by atoms with Crippen LogP contribution in [0.5, 0.6) is 0 Å². The third-order valence-electron chi connectivity index (χ3n) is 2.09. The van der Waals surface area contributed by atoms with Gasteiger partial charge in [0.2, 0.25) is 0 Å². The predicted octanol–water partition coefficient (Wildman–Crippen LogP) is 2.84. The Morgan fingerprint density at radius 1 is 1.44 bits per heavy atom. The number of alkyl halides is 1. The van der Waals surface area contributed by atoms with Crippen molar-refractivity contribution in [2.75, 3.05) is 13.0 Å². The van der Waals surface area contributed by atoms with Gasteiger partial charge in [0, 0.05) is 0 Å². The Kier molecular flexibility index (Phi) is 5.31. The Bertz CT molecular complexity index is 494. The Morgan fingerprint density at radius 3 is 2.61 bits per heavy atom. The number of ketones is 1. The van der Waals surface area contributed by atoms with E-state index >= 15 is 0 Å². The van der Waals surface area contributed by atoms with Gasteiger partial charge in [-0.2, -0.15) is 0 Å². The monoisotopic (exact) mass is 290 g/mol. The second-order valence-corrected chi connectivity index (χ2v) is 3.95. The minimum atomic E-state index is -0.818. The highest BCUT2D eigenvalue weighted by molar-refractivity contribution is 6.36. The van der Waals surface area contributed by atoms with Crippen molar-refractivity contribution in [3.05, 3.63) is 40.2 Å². The van der Waals surface area contributed by atoms with Crippen molar-refractivity contribution < 1.29 is 18.7 Å². The number of methoxy groups -OCH3 is 1. The lowest BCUT2D eigenvalue weighted by Crippen LogP contribution is -2.15. The number of esters is 1. The predicted molar refractivity (Wildman–Crippen MR) is 67.1 cm³/mol. The highest BCUT2D eigenvalue weighted by Gasteiger charge is 2.18. The number of rotatable bonds is 4. The molecule has 0 heterocycles. The number of hydrogen-bond donors (Lipinski definition) is 0. The summed E-state index contributed by atoms with van der Waals surface area (Å²) < 4.78 is 17.3. The fraction of sp³-hybridized carbons (Fsp3) is 0.167. The lowest BCUT2D eigenvalue weighted by atomic mass is 10.1. The lowest BCUT2D eigenvalue weighted by Gasteiger charge is -2.04. The second-order valence-electron chi connectivity index (χ2n) is 3.27. The van der Waals surface area contributed by atoms with Crippen molar-refractivity contribution in [3.63, 3.8) is 0 Å². The first kappa shape index (κ1) is 14.7. The van der Waals surface area contributed by atoms with Crippen LogP contribution in [-0.4, -0.2) is 24.7 Å². The van der Waals surface area contributed by atoms with Gasteiger partial charge in [-0.15, -0.1) is 11.6 Å². The van der Waals surface area contributed by atoms with E-state index in [-0.39, 0.29) is 16.5 Å². The number of halogens is 3. The van der Waals surface area contributed by atoms with Gasteiger partial charge in [-0.25, -0.2) is 9.18 Å². The van der Waals surface area contributed by atoms with Gasteiger partial charge in [0.1, 0.15) is 11.4 Å². The smallest absolute Gasteiger partial charge is 0.341 e. The quantitative estimate of drug-likeness (QED) is 0.282. The fourth-order valence-electron chi connectivity index (χ4n) is 1.21. The summed E-state index contributed by atoms with van der Waals surface area (Å²) in [6, 6.07) is 3.59. The van der Waals surface area contributed by atoms with Crippen LogP contribution in [0.2, 0.25) is 5.02 Å². The largest absolute Gasteiger partial charge is 0.465 e. The van der Waals surface area contributed by atoms with E-state index in [1.54, 1.807) is 0 Å². The van der Waals surface area contributed by atoms with Crippen LogP contribution >= 0.6 is 23.2 Å². The Balaban J connectivity index is 3.23. The zero-order valence-electron chi connectivity index (χ0n) is 9.38. The summed E-state index contributed by atoms with van der Waals surface area (Å²) in [7, 11) is 1.14. The third-order valence-corrected chi connectivity index (χ3v) is 2.66. The highest BCUT2D eigenvalue weighted by Crippen LogP contribution is 2.20. The molecule has 96 valence electrons. The van der Waals surface area contributed by atoms with Gasteiger partial charge < -0.3 is 4.74 Å². The third kappa shape index (κ3) is 3.55. The van der Waals surface area contributed by atoms with Crippen LogP contribution in [0.4, 0.5) is 4.39 Å². The normalized spacial score (nSPS) is 11.2. The van der Waals surface area contributed by atoms with E-state index < -0.39 is 17.6 Å². The Labute approximate surface area is 113 Å². The summed E-state index contributed by atoms with van der Waals surface area (Å²) in [4.78, 5) is 22.9. The van der Waals surface area contributed by atoms with Gasteiger partial charge in [-0.05, 0) is 23.8 Å². The number of carbonyl (C=O) groups is 2. The SMILES string of the molecule is COC(=O)/C(=C\c1ccc(F)cc1Cl)C(=O)CCl. The van der Waals surface area contributed by atoms with Crippen LogP contribution in [-0.2, 0) is 14.3 Å². The summed E-state index contributed by atoms with van der Waals surface area (Å²) in [5, 5.41) is 0.0822. The summed E-state index contributed by atoms with van der Waals surface area (Å²) in [5.41, 5.74) is 0.0953. The molecule has 0 spiro atoms. The molecule has 1 rings (SSSR count). The Hall–Kier alpha value is -1.39. The zero-order valence-corrected chi connectivity index (χ0v) is 10.9. The van der Waals surface area contributed by atoms with E-state index in [0.717, 1.165) is 19.2 Å². The number of carbonyl (C=O) groups excluding carboxylic acids is 2. The molecule has 0 N–H and O–H groups in total. The number of ether oxygens (including phenoxy) is 1. The molecule has 0 fully saturated rings. The summed E-state index contributed by atoms with van der Waals surface area (Å²) in [5.74, 6) is -2.29. The van der Waals surface area contributed by atoms with Crippen LogP contribution in [0.3, 0.4) is 0 Å². The molecule has 0 aromatic heterocycles. The minimum Gasteiger partial charge on any atom is -0.465 e. The first-order valence-corrected chi connectivity index (χ1v) is 5.75. The van der Waals surface area contributed by atoms with Crippen LogP contribution in [0, 0.1) is 5.82 Å². The summed E-state index contributed by atoms with van der Waals surface area (Å²) >= 11 is 11.2. The first-order valence-electron chi connectivity index (χ1n) is 4.83. The molecule has 0 saturated heterocycles. The van der Waals surface area contributed by atoms with Crippen LogP contribution in [0.1, 0.15) is 5.56 Å². The van der Waals surface area contributed by atoms with Crippen molar-refractivity contribution >= 4 is 41.0 Å². The molecule has 3 nitrogen and oxygen atoms in total. The van der Waals surface area contributed by atoms with Crippen LogP contribution in [0.15, 0.2) is 23.8 Å². The van der Waals surface area contributed by atoms with Gasteiger partial charge in [-0.3, -0.25) is 4.79 Å². The molecule has 0 bridgehead atoms. The molecule has 18 heavy (non-hydrogen) atoms. The molecule has 0 unspecified atom stereocenters. The van der Waals surface area contributed by atoms with Gasteiger partial charge >= 0.3 is 5.97 Å². The topological polar surface area (TPSA) is 43.4 Å². The summed E-state index contributed by atoms with van der Waals surface area (Å²) in [6.07, 6.45) is 1.22. The molecule has 1 aromatic carbocycles. The van der Waals surface area contributed by atoms with Crippen molar-refractivity contribution in [2.24, 2.45) is 0 Å². The number of hydrogen-bond acceptors (Lipinski definition) is 3. The number of benzene rings is 1. The van der Waals surface area contributed by atoms with Crippen molar-refractivity contribution in [3.8, 4) is 0 Å². The molecule has 0 aliphatic rings. The average molecular weight is 291 g/mol. The Morgan fingerprint density at radius 2 is 2.11 bits per heavy atom. The second kappa shape index (κ2) is 6.52. The van der Waals surface area contributed by atoms with Gasteiger partial charge in [0.15, 0.2) is 5.78 Å². The van der Waals surface area contributed by atoms with Crippen molar-refractivity contribution in [1.29, 1.82) is 0 Å². The molecular formula is C12H9Cl2FO3. The number of Topliss-reactive ketones (excluding diaryl/α,β-unsaturated/α-hetero) is 1. The van der Waals surface area contributed by atoms with Gasteiger partial charge in [-0.1, -0.05) is 17.7 Å². The molecule has 0 saturated carbocycles. The van der Waals surface area contributed by atoms with E-state index in [9.17, 15) is 14.0 Å². The van der Waals surface area contributed by atoms with Crippen LogP contribution < -0.4 is 0 Å². The molecule has 6 heteroatoms. The maximum atomic E-state index is 12.8.